The van der Waals surface area contributed by atoms with Gasteiger partial charge in [0.15, 0.2) is 5.96 Å². The normalized spacial score (nSPS) is 11.4. The number of nitrogens with one attached hydrogen (secondary N) is 4. The van der Waals surface area contributed by atoms with Gasteiger partial charge in [-0.3, -0.25) is 20.0 Å². The summed E-state index contributed by atoms with van der Waals surface area (Å²) in [6, 6.07) is 10.6. The predicted molar refractivity (Wildman–Crippen MR) is 158 cm³/mol. The van der Waals surface area contributed by atoms with Gasteiger partial charge in [-0.1, -0.05) is 35.3 Å². The number of nitrogens with two attached hydrogens (primary N) is 1. The molecule has 0 fully saturated rings. The van der Waals surface area contributed by atoms with E-state index < -0.39 is 17.9 Å². The Morgan fingerprint density at radius 3 is 2.67 bits per heavy atom. The zero-order chi connectivity index (χ0) is 29.1. The van der Waals surface area contributed by atoms with Gasteiger partial charge in [0.2, 0.25) is 5.91 Å². The van der Waals surface area contributed by atoms with Crippen LogP contribution in [0.25, 0.3) is 0 Å². The lowest BCUT2D eigenvalue weighted by Crippen LogP contribution is -2.47. The van der Waals surface area contributed by atoms with Crippen LogP contribution in [0, 0.1) is 5.41 Å². The first-order valence-corrected chi connectivity index (χ1v) is 13.8. The van der Waals surface area contributed by atoms with Crippen molar-refractivity contribution in [2.75, 3.05) is 13.2 Å². The molecule has 0 aliphatic heterocycles. The number of guanidine groups is 1. The van der Waals surface area contributed by atoms with Crippen LogP contribution in [0.15, 0.2) is 59.3 Å². The first-order valence-electron chi connectivity index (χ1n) is 12.3. The van der Waals surface area contributed by atoms with Gasteiger partial charge < -0.3 is 31.5 Å². The summed E-state index contributed by atoms with van der Waals surface area (Å²) in [6.45, 7) is 0.804. The molecule has 0 radical (unpaired) electrons. The second-order valence-corrected chi connectivity index (χ2v) is 10.4. The molecule has 1 unspecified atom stereocenters. The van der Waals surface area contributed by atoms with E-state index in [1.165, 1.54) is 12.1 Å². The molecular weight excluding hydrogens is 623 g/mol. The molecule has 0 aliphatic carbocycles. The number of hydrogen-bond donors (Lipinski definition) is 6. The Balaban J connectivity index is 1.68. The Morgan fingerprint density at radius 2 is 1.98 bits per heavy atom. The van der Waals surface area contributed by atoms with E-state index in [0.717, 1.165) is 11.1 Å². The monoisotopic (exact) mass is 650 g/mol. The molecular formula is C27H29BrCl2N6O4. The minimum atomic E-state index is -0.889. The number of pyridine rings is 1. The number of halogens is 3. The average molecular weight is 652 g/mol. The van der Waals surface area contributed by atoms with Gasteiger partial charge in [-0.15, -0.1) is 0 Å². The minimum absolute atomic E-state index is 0.104. The van der Waals surface area contributed by atoms with Crippen molar-refractivity contribution in [2.24, 2.45) is 5.73 Å². The molecule has 10 nitrogen and oxygen atoms in total. The maximum Gasteiger partial charge on any atom is 0.252 e. The molecule has 0 saturated heterocycles. The van der Waals surface area contributed by atoms with E-state index in [4.69, 9.17) is 39.1 Å². The van der Waals surface area contributed by atoms with Gasteiger partial charge >= 0.3 is 0 Å². The van der Waals surface area contributed by atoms with E-state index in [1.807, 2.05) is 6.07 Å². The summed E-state index contributed by atoms with van der Waals surface area (Å²) in [5, 5.41) is 27.0. The predicted octanol–water partition coefficient (Wildman–Crippen LogP) is 4.16. The summed E-state index contributed by atoms with van der Waals surface area (Å²) in [5.74, 6) is -1.10. The summed E-state index contributed by atoms with van der Waals surface area (Å²) < 4.78 is 6.12. The average Bonchev–Trinajstić information content (AvgIpc) is 2.92. The van der Waals surface area contributed by atoms with Crippen LogP contribution >= 0.6 is 39.1 Å². The minimum Gasteiger partial charge on any atom is -0.507 e. The molecule has 1 aromatic heterocycles. The van der Waals surface area contributed by atoms with E-state index >= 15 is 0 Å². The fourth-order valence-corrected chi connectivity index (χ4v) is 4.52. The Hall–Kier alpha value is -3.54. The number of ether oxygens (including phenoxy) is 1. The fraction of sp³-hybridized carbons (Fsp3) is 0.259. The lowest BCUT2D eigenvalue weighted by atomic mass is 10.1. The standard InChI is InChI=1S/C27H29BrCl2N6O4/c28-24-22(37)11-18(12-23(24)40-10-7-17-5-6-19(29)13-20(17)30)25(38)36-21(4-2-9-34-27(31)32)26(39)35-15-16-3-1-8-33-14-16/h1,3,5-6,8,11-14,21,37H,2,4,7,9-10,15H2,(H,35,39)(H,36,38)(H4,31,32,34). The number of hydrogen-bond acceptors (Lipinski definition) is 6. The van der Waals surface area contributed by atoms with Gasteiger partial charge in [0.05, 0.1) is 6.61 Å². The number of phenols is 1. The zero-order valence-electron chi connectivity index (χ0n) is 21.3. The van der Waals surface area contributed by atoms with Crippen molar-refractivity contribution < 1.29 is 19.4 Å². The van der Waals surface area contributed by atoms with Crippen LogP contribution in [0.5, 0.6) is 11.5 Å². The molecule has 13 heteroatoms. The Kier molecular flexibility index (Phi) is 11.9. The summed E-state index contributed by atoms with van der Waals surface area (Å²) in [6.07, 6.45) is 4.47. The maximum absolute atomic E-state index is 13.2. The van der Waals surface area contributed by atoms with E-state index in [2.05, 4.69) is 36.9 Å². The molecule has 7 N–H and O–H groups in total. The molecule has 212 valence electrons. The van der Waals surface area contributed by atoms with Crippen LogP contribution in [0.2, 0.25) is 10.0 Å². The quantitative estimate of drug-likeness (QED) is 0.0918. The highest BCUT2D eigenvalue weighted by atomic mass is 79.9. The van der Waals surface area contributed by atoms with Gasteiger partial charge in [0, 0.05) is 47.5 Å². The smallest absolute Gasteiger partial charge is 0.252 e. The molecule has 0 bridgehead atoms. The molecule has 40 heavy (non-hydrogen) atoms. The largest absolute Gasteiger partial charge is 0.507 e. The van der Waals surface area contributed by atoms with Crippen molar-refractivity contribution in [1.29, 1.82) is 5.41 Å². The lowest BCUT2D eigenvalue weighted by Gasteiger charge is -2.19. The highest BCUT2D eigenvalue weighted by Crippen LogP contribution is 2.35. The van der Waals surface area contributed by atoms with Crippen LogP contribution in [0.3, 0.4) is 0 Å². The Morgan fingerprint density at radius 1 is 1.18 bits per heavy atom. The van der Waals surface area contributed by atoms with Crippen LogP contribution in [-0.2, 0) is 17.8 Å². The number of aromatic nitrogens is 1. The Bertz CT molecular complexity index is 1350. The van der Waals surface area contributed by atoms with Crippen LogP contribution in [0.1, 0.15) is 34.3 Å². The van der Waals surface area contributed by atoms with Crippen molar-refractivity contribution >= 4 is 56.9 Å². The first kappa shape index (κ1) is 31.0. The zero-order valence-corrected chi connectivity index (χ0v) is 24.4. The molecule has 2 aromatic carbocycles. The number of rotatable bonds is 13. The molecule has 3 rings (SSSR count). The number of amides is 2. The van der Waals surface area contributed by atoms with Crippen molar-refractivity contribution in [3.05, 3.63) is 86.1 Å². The number of carbonyl (C=O) groups excluding carboxylic acids is 2. The third-order valence-corrected chi connectivity index (χ3v) is 7.11. The number of benzene rings is 2. The van der Waals surface area contributed by atoms with Crippen molar-refractivity contribution in [2.45, 2.75) is 31.8 Å². The van der Waals surface area contributed by atoms with Crippen molar-refractivity contribution in [1.82, 2.24) is 20.9 Å². The Labute approximate surface area is 250 Å². The third-order valence-electron chi connectivity index (χ3n) is 5.72. The molecule has 1 atom stereocenters. The van der Waals surface area contributed by atoms with Gasteiger partial charge in [-0.05, 0) is 70.2 Å². The summed E-state index contributed by atoms with van der Waals surface area (Å²) in [7, 11) is 0. The summed E-state index contributed by atoms with van der Waals surface area (Å²) >= 11 is 15.5. The molecule has 1 heterocycles. The molecule has 0 saturated carbocycles. The maximum atomic E-state index is 13.2. The second-order valence-electron chi connectivity index (χ2n) is 8.73. The van der Waals surface area contributed by atoms with Gasteiger partial charge in [-0.25, -0.2) is 0 Å². The highest BCUT2D eigenvalue weighted by molar-refractivity contribution is 9.10. The van der Waals surface area contributed by atoms with Gasteiger partial charge in [0.25, 0.3) is 5.91 Å². The number of phenolic OH excluding ortho intramolecular Hbond substituents is 1. The van der Waals surface area contributed by atoms with E-state index in [-0.39, 0.29) is 47.1 Å². The number of aromatic hydroxyl groups is 1. The molecule has 0 spiro atoms. The van der Waals surface area contributed by atoms with E-state index in [0.29, 0.717) is 29.4 Å². The lowest BCUT2D eigenvalue weighted by molar-refractivity contribution is -0.123. The summed E-state index contributed by atoms with van der Waals surface area (Å²) in [4.78, 5) is 30.2. The fourth-order valence-electron chi connectivity index (χ4n) is 3.67. The third kappa shape index (κ3) is 9.58. The number of nitrogens with zero attached hydrogens (tertiary/aromatic N) is 1. The van der Waals surface area contributed by atoms with Crippen LogP contribution < -0.4 is 26.4 Å². The summed E-state index contributed by atoms with van der Waals surface area (Å²) in [5.41, 5.74) is 7.07. The van der Waals surface area contributed by atoms with E-state index in [1.54, 1.807) is 36.7 Å². The molecule has 3 aromatic rings. The second kappa shape index (κ2) is 15.3. The van der Waals surface area contributed by atoms with Gasteiger partial charge in [0.1, 0.15) is 22.0 Å². The first-order chi connectivity index (χ1) is 19.1. The van der Waals surface area contributed by atoms with Crippen LogP contribution in [-0.4, -0.2) is 47.1 Å². The SMILES string of the molecule is N=C(N)NCCCC(NC(=O)c1cc(O)c(Br)c(OCCc2ccc(Cl)cc2Cl)c1)C(=O)NCc1cccnc1. The van der Waals surface area contributed by atoms with Crippen molar-refractivity contribution in [3.8, 4) is 11.5 Å². The topological polar surface area (TPSA) is 162 Å². The van der Waals surface area contributed by atoms with Crippen LogP contribution in [0.4, 0.5) is 0 Å². The number of carbonyl (C=O) groups is 2. The van der Waals surface area contributed by atoms with Crippen molar-refractivity contribution in [3.63, 3.8) is 0 Å². The molecule has 2 amide bonds. The highest BCUT2D eigenvalue weighted by Gasteiger charge is 2.23. The van der Waals surface area contributed by atoms with Gasteiger partial charge in [-0.2, -0.15) is 0 Å². The molecule has 0 aliphatic rings. The van der Waals surface area contributed by atoms with E-state index in [9.17, 15) is 14.7 Å².